The molecule has 0 aromatic carbocycles. The zero-order chi connectivity index (χ0) is 8.81. The maximum absolute atomic E-state index is 3.41. The fourth-order valence-corrected chi connectivity index (χ4v) is 1.08. The van der Waals surface area contributed by atoms with E-state index < -0.39 is 0 Å². The maximum atomic E-state index is 3.41. The van der Waals surface area contributed by atoms with Crippen LogP contribution in [0.15, 0.2) is 18.3 Å². The summed E-state index contributed by atoms with van der Waals surface area (Å²) in [5, 5.41) is 3.41. The molecule has 0 aliphatic heterocycles. The monoisotopic (exact) mass is 166 g/mol. The van der Waals surface area contributed by atoms with E-state index in [1.807, 2.05) is 12.3 Å². The lowest BCUT2D eigenvalue weighted by molar-refractivity contribution is 0.498. The molecule has 0 aliphatic carbocycles. The van der Waals surface area contributed by atoms with Gasteiger partial charge in [-0.2, -0.15) is 0 Å². The average molecular weight is 166 g/mol. The van der Waals surface area contributed by atoms with E-state index >= 15 is 0 Å². The molecule has 1 aromatic rings. The van der Waals surface area contributed by atoms with Gasteiger partial charge in [-0.3, -0.25) is 0 Å². The van der Waals surface area contributed by atoms with Crippen molar-refractivity contribution in [3.63, 3.8) is 0 Å². The predicted octanol–water partition coefficient (Wildman–Crippen LogP) is 2.15. The first kappa shape index (κ1) is 9.33. The van der Waals surface area contributed by atoms with Crippen LogP contribution in [-0.4, -0.2) is 11.5 Å². The topological polar surface area (TPSA) is 27.8 Å². The molecule has 0 saturated carbocycles. The Hall–Kier alpha value is -0.760. The van der Waals surface area contributed by atoms with Crippen molar-refractivity contribution >= 4 is 0 Å². The minimum Gasteiger partial charge on any atom is -0.364 e. The van der Waals surface area contributed by atoms with Crippen molar-refractivity contribution in [2.75, 3.05) is 6.54 Å². The van der Waals surface area contributed by atoms with E-state index in [0.29, 0.717) is 0 Å². The van der Waals surface area contributed by atoms with Crippen molar-refractivity contribution in [2.24, 2.45) is 5.92 Å². The molecular formula is C10H18N2. The summed E-state index contributed by atoms with van der Waals surface area (Å²) in [6.07, 6.45) is 3.21. The van der Waals surface area contributed by atoms with E-state index in [1.165, 1.54) is 12.1 Å². The van der Waals surface area contributed by atoms with Crippen LogP contribution in [0.25, 0.3) is 0 Å². The van der Waals surface area contributed by atoms with Crippen LogP contribution in [0.5, 0.6) is 0 Å². The van der Waals surface area contributed by atoms with E-state index in [9.17, 15) is 0 Å². The highest BCUT2D eigenvalue weighted by Gasteiger charge is 1.97. The molecule has 0 aliphatic rings. The van der Waals surface area contributed by atoms with Gasteiger partial charge in [-0.1, -0.05) is 20.3 Å². The molecule has 0 radical (unpaired) electrons. The fourth-order valence-electron chi connectivity index (χ4n) is 1.08. The fraction of sp³-hybridized carbons (Fsp3) is 0.600. The van der Waals surface area contributed by atoms with E-state index in [1.54, 1.807) is 0 Å². The highest BCUT2D eigenvalue weighted by atomic mass is 14.9. The quantitative estimate of drug-likeness (QED) is 0.689. The second-order valence-electron chi connectivity index (χ2n) is 3.34. The summed E-state index contributed by atoms with van der Waals surface area (Å²) in [6.45, 7) is 6.55. The zero-order valence-corrected chi connectivity index (χ0v) is 7.93. The van der Waals surface area contributed by atoms with Crippen LogP contribution < -0.4 is 5.32 Å². The number of hydrogen-bond donors (Lipinski definition) is 2. The van der Waals surface area contributed by atoms with Gasteiger partial charge >= 0.3 is 0 Å². The summed E-state index contributed by atoms with van der Waals surface area (Å²) < 4.78 is 0. The summed E-state index contributed by atoms with van der Waals surface area (Å²) in [5.74, 6) is 0.778. The third-order valence-electron chi connectivity index (χ3n) is 2.17. The maximum Gasteiger partial charge on any atom is 0.0357 e. The molecule has 1 aromatic heterocycles. The number of hydrogen-bond acceptors (Lipinski definition) is 1. The van der Waals surface area contributed by atoms with Crippen molar-refractivity contribution in [3.8, 4) is 0 Å². The van der Waals surface area contributed by atoms with Gasteiger partial charge in [0.25, 0.3) is 0 Å². The third kappa shape index (κ3) is 3.09. The Kier molecular flexibility index (Phi) is 3.88. The molecule has 1 rings (SSSR count). The molecule has 12 heavy (non-hydrogen) atoms. The van der Waals surface area contributed by atoms with Crippen molar-refractivity contribution in [3.05, 3.63) is 24.0 Å². The highest BCUT2D eigenvalue weighted by molar-refractivity contribution is 5.02. The first-order valence-corrected chi connectivity index (χ1v) is 4.66. The summed E-state index contributed by atoms with van der Waals surface area (Å²) >= 11 is 0. The molecular weight excluding hydrogens is 148 g/mol. The molecule has 0 bridgehead atoms. The second-order valence-corrected chi connectivity index (χ2v) is 3.34. The van der Waals surface area contributed by atoms with E-state index in [0.717, 1.165) is 19.0 Å². The average Bonchev–Trinajstić information content (AvgIpc) is 2.57. The van der Waals surface area contributed by atoms with E-state index in [-0.39, 0.29) is 0 Å². The molecule has 0 amide bonds. The number of aromatic nitrogens is 1. The molecule has 1 unspecified atom stereocenters. The third-order valence-corrected chi connectivity index (χ3v) is 2.17. The molecule has 2 nitrogen and oxygen atoms in total. The molecule has 1 heterocycles. The molecule has 1 atom stereocenters. The second kappa shape index (κ2) is 4.99. The standard InChI is InChI=1S/C10H18N2/c1-3-9(2)7-11-8-10-5-4-6-12-10/h4-6,9,11-12H,3,7-8H2,1-2H3. The molecule has 2 heteroatoms. The first-order chi connectivity index (χ1) is 5.83. The molecule has 0 fully saturated rings. The Bertz CT molecular complexity index is 192. The van der Waals surface area contributed by atoms with Gasteiger partial charge in [0.1, 0.15) is 0 Å². The van der Waals surface area contributed by atoms with Gasteiger partial charge in [0, 0.05) is 18.4 Å². The van der Waals surface area contributed by atoms with E-state index in [4.69, 9.17) is 0 Å². The first-order valence-electron chi connectivity index (χ1n) is 4.66. The largest absolute Gasteiger partial charge is 0.364 e. The molecule has 0 spiro atoms. The Morgan fingerprint density at radius 3 is 3.00 bits per heavy atom. The lowest BCUT2D eigenvalue weighted by Gasteiger charge is -2.08. The van der Waals surface area contributed by atoms with Crippen molar-refractivity contribution in [1.29, 1.82) is 0 Å². The Morgan fingerprint density at radius 2 is 2.42 bits per heavy atom. The number of rotatable bonds is 5. The number of aromatic amines is 1. The zero-order valence-electron chi connectivity index (χ0n) is 7.93. The summed E-state index contributed by atoms with van der Waals surface area (Å²) in [7, 11) is 0. The van der Waals surface area contributed by atoms with Crippen molar-refractivity contribution in [2.45, 2.75) is 26.8 Å². The summed E-state index contributed by atoms with van der Waals surface area (Å²) in [5.41, 5.74) is 1.26. The molecule has 0 saturated heterocycles. The predicted molar refractivity (Wildman–Crippen MR) is 52.0 cm³/mol. The Balaban J connectivity index is 2.11. The SMILES string of the molecule is CCC(C)CNCc1ccc[nH]1. The molecule has 68 valence electrons. The van der Waals surface area contributed by atoms with Gasteiger partial charge in [-0.25, -0.2) is 0 Å². The van der Waals surface area contributed by atoms with Gasteiger partial charge in [0.15, 0.2) is 0 Å². The highest BCUT2D eigenvalue weighted by Crippen LogP contribution is 1.98. The minimum atomic E-state index is 0.778. The smallest absolute Gasteiger partial charge is 0.0357 e. The van der Waals surface area contributed by atoms with Crippen LogP contribution in [0.2, 0.25) is 0 Å². The van der Waals surface area contributed by atoms with Gasteiger partial charge < -0.3 is 10.3 Å². The minimum absolute atomic E-state index is 0.778. The van der Waals surface area contributed by atoms with Crippen molar-refractivity contribution < 1.29 is 0 Å². The van der Waals surface area contributed by atoms with Gasteiger partial charge in [0.2, 0.25) is 0 Å². The van der Waals surface area contributed by atoms with Crippen LogP contribution in [0.1, 0.15) is 26.0 Å². The summed E-state index contributed by atoms with van der Waals surface area (Å²) in [4.78, 5) is 3.17. The number of nitrogens with one attached hydrogen (secondary N) is 2. The normalized spacial score (nSPS) is 13.2. The Morgan fingerprint density at radius 1 is 1.58 bits per heavy atom. The summed E-state index contributed by atoms with van der Waals surface area (Å²) in [6, 6.07) is 4.13. The lowest BCUT2D eigenvalue weighted by atomic mass is 10.1. The Labute approximate surface area is 74.4 Å². The molecule has 2 N–H and O–H groups in total. The van der Waals surface area contributed by atoms with Crippen LogP contribution in [0.4, 0.5) is 0 Å². The van der Waals surface area contributed by atoms with Crippen molar-refractivity contribution in [1.82, 2.24) is 10.3 Å². The van der Waals surface area contributed by atoms with Crippen LogP contribution in [0, 0.1) is 5.92 Å². The van der Waals surface area contributed by atoms with Crippen LogP contribution >= 0.6 is 0 Å². The van der Waals surface area contributed by atoms with E-state index in [2.05, 4.69) is 30.2 Å². The van der Waals surface area contributed by atoms with Gasteiger partial charge in [-0.05, 0) is 24.6 Å². The number of H-pyrrole nitrogens is 1. The van der Waals surface area contributed by atoms with Crippen LogP contribution in [0.3, 0.4) is 0 Å². The lowest BCUT2D eigenvalue weighted by Crippen LogP contribution is -2.20. The van der Waals surface area contributed by atoms with Gasteiger partial charge in [-0.15, -0.1) is 0 Å². The van der Waals surface area contributed by atoms with Crippen LogP contribution in [-0.2, 0) is 6.54 Å². The van der Waals surface area contributed by atoms with Gasteiger partial charge in [0.05, 0.1) is 0 Å².